The lowest BCUT2D eigenvalue weighted by atomic mass is 10.1. The van der Waals surface area contributed by atoms with Crippen LogP contribution in [-0.4, -0.2) is 26.9 Å². The topological polar surface area (TPSA) is 30.5 Å². The third-order valence-corrected chi connectivity index (χ3v) is 3.40. The number of hydrogen-bond donors (Lipinski definition) is 1. The highest BCUT2D eigenvalue weighted by atomic mass is 16.5. The number of ether oxygens (including phenoxy) is 2. The number of benzene rings is 1. The summed E-state index contributed by atoms with van der Waals surface area (Å²) in [5, 5.41) is 3.35. The molecule has 0 aliphatic rings. The van der Waals surface area contributed by atoms with Gasteiger partial charge < -0.3 is 14.8 Å². The maximum atomic E-state index is 5.97. The van der Waals surface area contributed by atoms with Crippen molar-refractivity contribution in [2.45, 2.75) is 33.2 Å². The van der Waals surface area contributed by atoms with Crippen molar-refractivity contribution in [3.63, 3.8) is 0 Å². The molecule has 1 N–H and O–H groups in total. The Hall–Kier alpha value is -1.06. The first-order valence-electron chi connectivity index (χ1n) is 7.22. The summed E-state index contributed by atoms with van der Waals surface area (Å²) >= 11 is 0. The molecule has 0 atom stereocenters. The lowest BCUT2D eigenvalue weighted by Crippen LogP contribution is -2.19. The van der Waals surface area contributed by atoms with E-state index in [-0.39, 0.29) is 0 Å². The summed E-state index contributed by atoms with van der Waals surface area (Å²) in [4.78, 5) is 0. The normalized spacial score (nSPS) is 10.9. The first-order valence-corrected chi connectivity index (χ1v) is 7.22. The molecule has 0 radical (unpaired) electrons. The van der Waals surface area contributed by atoms with Crippen molar-refractivity contribution in [3.05, 3.63) is 29.8 Å². The van der Waals surface area contributed by atoms with Gasteiger partial charge in [-0.1, -0.05) is 44.9 Å². The van der Waals surface area contributed by atoms with E-state index in [1.165, 1.54) is 18.4 Å². The molecule has 0 aliphatic carbocycles. The van der Waals surface area contributed by atoms with Gasteiger partial charge in [0.2, 0.25) is 0 Å². The van der Waals surface area contributed by atoms with Crippen molar-refractivity contribution in [2.24, 2.45) is 5.92 Å². The van der Waals surface area contributed by atoms with Gasteiger partial charge in [-0.05, 0) is 12.0 Å². The van der Waals surface area contributed by atoms with Crippen LogP contribution in [-0.2, 0) is 11.3 Å². The SMILES string of the molecule is CCC(CC)COc1ccccc1CNCCOC. The first kappa shape index (κ1) is 16.0. The van der Waals surface area contributed by atoms with E-state index in [1.807, 2.05) is 6.07 Å². The van der Waals surface area contributed by atoms with E-state index in [1.54, 1.807) is 7.11 Å². The highest BCUT2D eigenvalue weighted by Crippen LogP contribution is 2.19. The highest BCUT2D eigenvalue weighted by molar-refractivity contribution is 5.33. The van der Waals surface area contributed by atoms with Crippen LogP contribution in [0.25, 0.3) is 0 Å². The molecule has 1 aromatic rings. The van der Waals surface area contributed by atoms with E-state index in [4.69, 9.17) is 9.47 Å². The maximum absolute atomic E-state index is 5.97. The summed E-state index contributed by atoms with van der Waals surface area (Å²) in [6.45, 7) is 7.66. The molecule has 0 aromatic heterocycles. The zero-order valence-corrected chi connectivity index (χ0v) is 12.4. The summed E-state index contributed by atoms with van der Waals surface area (Å²) in [6.07, 6.45) is 2.34. The standard InChI is InChI=1S/C16H27NO2/c1-4-14(5-2)13-19-16-9-7-6-8-15(16)12-17-10-11-18-3/h6-9,14,17H,4-5,10-13H2,1-3H3. The van der Waals surface area contributed by atoms with Crippen LogP contribution in [0.3, 0.4) is 0 Å². The van der Waals surface area contributed by atoms with Gasteiger partial charge in [0, 0.05) is 25.8 Å². The number of rotatable bonds is 10. The largest absolute Gasteiger partial charge is 0.493 e. The molecular formula is C16H27NO2. The minimum Gasteiger partial charge on any atom is -0.493 e. The lowest BCUT2D eigenvalue weighted by Gasteiger charge is -2.16. The highest BCUT2D eigenvalue weighted by Gasteiger charge is 2.07. The Kier molecular flexibility index (Phi) is 8.26. The monoisotopic (exact) mass is 265 g/mol. The molecule has 0 heterocycles. The van der Waals surface area contributed by atoms with Crippen molar-refractivity contribution in [1.82, 2.24) is 5.32 Å². The van der Waals surface area contributed by atoms with Crippen LogP contribution in [0.5, 0.6) is 5.75 Å². The summed E-state index contributed by atoms with van der Waals surface area (Å²) in [7, 11) is 1.72. The van der Waals surface area contributed by atoms with Gasteiger partial charge >= 0.3 is 0 Å². The van der Waals surface area contributed by atoms with Crippen LogP contribution in [0.2, 0.25) is 0 Å². The summed E-state index contributed by atoms with van der Waals surface area (Å²) in [6, 6.07) is 8.25. The van der Waals surface area contributed by atoms with Crippen LogP contribution in [0.4, 0.5) is 0 Å². The van der Waals surface area contributed by atoms with Crippen LogP contribution in [0, 0.1) is 5.92 Å². The molecule has 19 heavy (non-hydrogen) atoms. The third-order valence-electron chi connectivity index (χ3n) is 3.40. The molecule has 108 valence electrons. The Balaban J connectivity index is 2.47. The maximum Gasteiger partial charge on any atom is 0.123 e. The molecule has 1 rings (SSSR count). The van der Waals surface area contributed by atoms with E-state index in [2.05, 4.69) is 37.4 Å². The second-order valence-electron chi connectivity index (χ2n) is 4.77. The zero-order valence-electron chi connectivity index (χ0n) is 12.4. The molecule has 0 unspecified atom stereocenters. The van der Waals surface area contributed by atoms with E-state index >= 15 is 0 Å². The average Bonchev–Trinajstić information content (AvgIpc) is 2.46. The zero-order chi connectivity index (χ0) is 13.9. The second-order valence-corrected chi connectivity index (χ2v) is 4.77. The van der Waals surface area contributed by atoms with E-state index in [0.29, 0.717) is 5.92 Å². The first-order chi connectivity index (χ1) is 9.31. The number of nitrogens with one attached hydrogen (secondary N) is 1. The molecule has 0 bridgehead atoms. The Bertz CT molecular complexity index is 337. The summed E-state index contributed by atoms with van der Waals surface area (Å²) < 4.78 is 11.0. The van der Waals surface area contributed by atoms with Crippen molar-refractivity contribution < 1.29 is 9.47 Å². The lowest BCUT2D eigenvalue weighted by molar-refractivity contribution is 0.198. The molecule has 0 fully saturated rings. The molecule has 3 heteroatoms. The van der Waals surface area contributed by atoms with Gasteiger partial charge in [-0.25, -0.2) is 0 Å². The molecule has 1 aromatic carbocycles. The van der Waals surface area contributed by atoms with Crippen LogP contribution < -0.4 is 10.1 Å². The molecule has 0 spiro atoms. The van der Waals surface area contributed by atoms with Crippen LogP contribution in [0.15, 0.2) is 24.3 Å². The van der Waals surface area contributed by atoms with E-state index < -0.39 is 0 Å². The molecule has 0 amide bonds. The Morgan fingerprint density at radius 1 is 1.16 bits per heavy atom. The second kappa shape index (κ2) is 9.82. The van der Waals surface area contributed by atoms with Gasteiger partial charge in [0.1, 0.15) is 5.75 Å². The fourth-order valence-corrected chi connectivity index (χ4v) is 1.92. The van der Waals surface area contributed by atoms with Crippen LogP contribution in [0.1, 0.15) is 32.3 Å². The van der Waals surface area contributed by atoms with Gasteiger partial charge in [0.15, 0.2) is 0 Å². The van der Waals surface area contributed by atoms with Gasteiger partial charge in [0.05, 0.1) is 13.2 Å². The van der Waals surface area contributed by atoms with Gasteiger partial charge in [-0.15, -0.1) is 0 Å². The third kappa shape index (κ3) is 6.08. The van der Waals surface area contributed by atoms with Crippen molar-refractivity contribution in [1.29, 1.82) is 0 Å². The van der Waals surface area contributed by atoms with Crippen molar-refractivity contribution >= 4 is 0 Å². The predicted octanol–water partition coefficient (Wildman–Crippen LogP) is 3.24. The van der Waals surface area contributed by atoms with Gasteiger partial charge in [0.25, 0.3) is 0 Å². The Labute approximate surface area is 117 Å². The van der Waals surface area contributed by atoms with Crippen molar-refractivity contribution in [2.75, 3.05) is 26.9 Å². The van der Waals surface area contributed by atoms with Gasteiger partial charge in [-0.3, -0.25) is 0 Å². The van der Waals surface area contributed by atoms with E-state index in [0.717, 1.165) is 32.1 Å². The fourth-order valence-electron chi connectivity index (χ4n) is 1.92. The number of methoxy groups -OCH3 is 1. The van der Waals surface area contributed by atoms with E-state index in [9.17, 15) is 0 Å². The molecule has 0 aliphatic heterocycles. The van der Waals surface area contributed by atoms with Crippen molar-refractivity contribution in [3.8, 4) is 5.75 Å². The average molecular weight is 265 g/mol. The molecular weight excluding hydrogens is 238 g/mol. The predicted molar refractivity (Wildman–Crippen MR) is 79.6 cm³/mol. The Morgan fingerprint density at radius 2 is 1.89 bits per heavy atom. The Morgan fingerprint density at radius 3 is 2.58 bits per heavy atom. The minimum absolute atomic E-state index is 0.648. The smallest absolute Gasteiger partial charge is 0.123 e. The molecule has 0 saturated heterocycles. The van der Waals surface area contributed by atoms with Crippen LogP contribution >= 0.6 is 0 Å². The summed E-state index contributed by atoms with van der Waals surface area (Å²) in [5.41, 5.74) is 1.21. The quantitative estimate of drug-likeness (QED) is 0.659. The number of para-hydroxylation sites is 1. The minimum atomic E-state index is 0.648. The number of hydrogen-bond acceptors (Lipinski definition) is 3. The van der Waals surface area contributed by atoms with Gasteiger partial charge in [-0.2, -0.15) is 0 Å². The molecule has 3 nitrogen and oxygen atoms in total. The molecule has 0 saturated carbocycles. The summed E-state index contributed by atoms with van der Waals surface area (Å²) in [5.74, 6) is 1.65. The fraction of sp³-hybridized carbons (Fsp3) is 0.625.